The van der Waals surface area contributed by atoms with Gasteiger partial charge in [0, 0.05) is 18.1 Å². The largest absolute Gasteiger partial charge is 0.314 e. The van der Waals surface area contributed by atoms with Crippen LogP contribution in [0.15, 0.2) is 0 Å². The summed E-state index contributed by atoms with van der Waals surface area (Å²) in [6.45, 7) is 5.79. The van der Waals surface area contributed by atoms with Crippen molar-refractivity contribution in [1.29, 1.82) is 0 Å². The molecule has 0 aromatic carbocycles. The van der Waals surface area contributed by atoms with Gasteiger partial charge in [-0.1, -0.05) is 26.7 Å². The molecule has 15 heavy (non-hydrogen) atoms. The Morgan fingerprint density at radius 2 is 1.87 bits per heavy atom. The summed E-state index contributed by atoms with van der Waals surface area (Å²) < 4.78 is 0. The molecule has 0 aromatic heterocycles. The topological polar surface area (TPSA) is 24.1 Å². The Kier molecular flexibility index (Phi) is 4.04. The minimum absolute atomic E-state index is 0.636. The zero-order chi connectivity index (χ0) is 10.7. The predicted octanol–water partition coefficient (Wildman–Crippen LogP) is 2.30. The molecule has 1 heterocycles. The van der Waals surface area contributed by atoms with E-state index in [0.29, 0.717) is 6.04 Å². The standard InChI is InChI=1S/C13H26N2/c1-10(2)15-13-7-4-3-6-11(13)12-8-5-9-14-12/h10-15H,3-9H2,1-2H3. The van der Waals surface area contributed by atoms with Crippen LogP contribution < -0.4 is 10.6 Å². The molecular formula is C13H26N2. The van der Waals surface area contributed by atoms with Gasteiger partial charge in [-0.2, -0.15) is 0 Å². The Bertz CT molecular complexity index is 185. The van der Waals surface area contributed by atoms with Gasteiger partial charge >= 0.3 is 0 Å². The van der Waals surface area contributed by atoms with Gasteiger partial charge in [-0.15, -0.1) is 0 Å². The van der Waals surface area contributed by atoms with E-state index < -0.39 is 0 Å². The lowest BCUT2D eigenvalue weighted by atomic mass is 9.79. The molecule has 1 aliphatic heterocycles. The van der Waals surface area contributed by atoms with Crippen molar-refractivity contribution in [3.8, 4) is 0 Å². The van der Waals surface area contributed by atoms with Gasteiger partial charge in [0.15, 0.2) is 0 Å². The Balaban J connectivity index is 1.92. The van der Waals surface area contributed by atoms with Crippen LogP contribution in [0.25, 0.3) is 0 Å². The third-order valence-electron chi connectivity index (χ3n) is 3.98. The third-order valence-corrected chi connectivity index (χ3v) is 3.98. The van der Waals surface area contributed by atoms with Crippen LogP contribution in [0.2, 0.25) is 0 Å². The Hall–Kier alpha value is -0.0800. The molecule has 0 amide bonds. The van der Waals surface area contributed by atoms with Crippen molar-refractivity contribution in [3.05, 3.63) is 0 Å². The second kappa shape index (κ2) is 5.31. The van der Waals surface area contributed by atoms with E-state index in [1.165, 1.54) is 45.1 Å². The fraction of sp³-hybridized carbons (Fsp3) is 1.00. The van der Waals surface area contributed by atoms with Gasteiger partial charge in [0.2, 0.25) is 0 Å². The van der Waals surface area contributed by atoms with Crippen LogP contribution in [-0.4, -0.2) is 24.7 Å². The van der Waals surface area contributed by atoms with Gasteiger partial charge in [0.1, 0.15) is 0 Å². The fourth-order valence-corrected chi connectivity index (χ4v) is 3.35. The lowest BCUT2D eigenvalue weighted by molar-refractivity contribution is 0.206. The van der Waals surface area contributed by atoms with Crippen LogP contribution >= 0.6 is 0 Å². The average molecular weight is 210 g/mol. The molecular weight excluding hydrogens is 184 g/mol. The summed E-state index contributed by atoms with van der Waals surface area (Å²) in [5.41, 5.74) is 0. The molecule has 1 saturated carbocycles. The summed E-state index contributed by atoms with van der Waals surface area (Å²) in [5, 5.41) is 7.46. The van der Waals surface area contributed by atoms with Crippen LogP contribution in [0.1, 0.15) is 52.4 Å². The maximum absolute atomic E-state index is 3.77. The van der Waals surface area contributed by atoms with Crippen LogP contribution in [0.4, 0.5) is 0 Å². The third kappa shape index (κ3) is 2.94. The van der Waals surface area contributed by atoms with Crippen molar-refractivity contribution in [3.63, 3.8) is 0 Å². The Labute approximate surface area is 94.2 Å². The molecule has 2 N–H and O–H groups in total. The van der Waals surface area contributed by atoms with Gasteiger partial charge in [0.25, 0.3) is 0 Å². The number of hydrogen-bond donors (Lipinski definition) is 2. The van der Waals surface area contributed by atoms with Crippen LogP contribution in [0.3, 0.4) is 0 Å². The van der Waals surface area contributed by atoms with E-state index in [1.807, 2.05) is 0 Å². The molecule has 0 bridgehead atoms. The zero-order valence-electron chi connectivity index (χ0n) is 10.3. The first-order valence-electron chi connectivity index (χ1n) is 6.77. The van der Waals surface area contributed by atoms with Crippen LogP contribution in [0, 0.1) is 5.92 Å². The second-order valence-corrected chi connectivity index (χ2v) is 5.58. The van der Waals surface area contributed by atoms with E-state index in [1.54, 1.807) is 0 Å². The molecule has 0 aromatic rings. The lowest BCUT2D eigenvalue weighted by Gasteiger charge is -2.37. The van der Waals surface area contributed by atoms with Gasteiger partial charge < -0.3 is 10.6 Å². The first-order valence-corrected chi connectivity index (χ1v) is 6.77. The molecule has 3 unspecified atom stereocenters. The summed E-state index contributed by atoms with van der Waals surface area (Å²) in [4.78, 5) is 0. The highest BCUT2D eigenvalue weighted by Crippen LogP contribution is 2.30. The van der Waals surface area contributed by atoms with Gasteiger partial charge in [-0.3, -0.25) is 0 Å². The summed E-state index contributed by atoms with van der Waals surface area (Å²) >= 11 is 0. The van der Waals surface area contributed by atoms with E-state index >= 15 is 0 Å². The molecule has 2 rings (SSSR count). The van der Waals surface area contributed by atoms with E-state index in [2.05, 4.69) is 24.5 Å². The van der Waals surface area contributed by atoms with Crippen molar-refractivity contribution < 1.29 is 0 Å². The molecule has 2 heteroatoms. The molecule has 1 saturated heterocycles. The molecule has 0 radical (unpaired) electrons. The summed E-state index contributed by atoms with van der Waals surface area (Å²) in [6, 6.07) is 2.22. The monoisotopic (exact) mass is 210 g/mol. The van der Waals surface area contributed by atoms with Gasteiger partial charge in [0.05, 0.1) is 0 Å². The maximum atomic E-state index is 3.77. The highest BCUT2D eigenvalue weighted by Gasteiger charge is 2.33. The molecule has 3 atom stereocenters. The van der Waals surface area contributed by atoms with E-state index in [4.69, 9.17) is 0 Å². The summed E-state index contributed by atoms with van der Waals surface area (Å²) in [7, 11) is 0. The highest BCUT2D eigenvalue weighted by atomic mass is 15.0. The minimum atomic E-state index is 0.636. The second-order valence-electron chi connectivity index (χ2n) is 5.58. The predicted molar refractivity (Wildman–Crippen MR) is 65.0 cm³/mol. The SMILES string of the molecule is CC(C)NC1CCCCC1C1CCCN1. The smallest absolute Gasteiger partial charge is 0.0112 e. The van der Waals surface area contributed by atoms with Crippen molar-refractivity contribution in [2.75, 3.05) is 6.54 Å². The zero-order valence-corrected chi connectivity index (χ0v) is 10.3. The Morgan fingerprint density at radius 1 is 1.07 bits per heavy atom. The first-order chi connectivity index (χ1) is 7.27. The molecule has 0 spiro atoms. The van der Waals surface area contributed by atoms with Crippen molar-refractivity contribution in [2.24, 2.45) is 5.92 Å². The Morgan fingerprint density at radius 3 is 2.53 bits per heavy atom. The maximum Gasteiger partial charge on any atom is 0.0112 e. The first kappa shape index (κ1) is 11.4. The normalized spacial score (nSPS) is 37.4. The molecule has 2 aliphatic rings. The quantitative estimate of drug-likeness (QED) is 0.747. The van der Waals surface area contributed by atoms with Gasteiger partial charge in [-0.05, 0) is 38.1 Å². The lowest BCUT2D eigenvalue weighted by Crippen LogP contribution is -2.48. The van der Waals surface area contributed by atoms with Gasteiger partial charge in [-0.25, -0.2) is 0 Å². The average Bonchev–Trinajstić information content (AvgIpc) is 2.70. The van der Waals surface area contributed by atoms with Crippen LogP contribution in [0.5, 0.6) is 0 Å². The van der Waals surface area contributed by atoms with Crippen molar-refractivity contribution in [1.82, 2.24) is 10.6 Å². The van der Waals surface area contributed by atoms with Crippen LogP contribution in [-0.2, 0) is 0 Å². The van der Waals surface area contributed by atoms with E-state index in [-0.39, 0.29) is 0 Å². The van der Waals surface area contributed by atoms with E-state index in [0.717, 1.165) is 18.0 Å². The highest BCUT2D eigenvalue weighted by molar-refractivity contribution is 4.91. The summed E-state index contributed by atoms with van der Waals surface area (Å²) in [6.07, 6.45) is 8.48. The van der Waals surface area contributed by atoms with E-state index in [9.17, 15) is 0 Å². The molecule has 2 fully saturated rings. The minimum Gasteiger partial charge on any atom is -0.314 e. The number of rotatable bonds is 3. The number of hydrogen-bond acceptors (Lipinski definition) is 2. The molecule has 2 nitrogen and oxygen atoms in total. The number of nitrogens with one attached hydrogen (secondary N) is 2. The fourth-order valence-electron chi connectivity index (χ4n) is 3.35. The van der Waals surface area contributed by atoms with Crippen molar-refractivity contribution >= 4 is 0 Å². The summed E-state index contributed by atoms with van der Waals surface area (Å²) in [5.74, 6) is 0.892. The molecule has 88 valence electrons. The van der Waals surface area contributed by atoms with Crippen molar-refractivity contribution in [2.45, 2.75) is 70.5 Å². The molecule has 1 aliphatic carbocycles.